The lowest BCUT2D eigenvalue weighted by Gasteiger charge is -2.15. The van der Waals surface area contributed by atoms with Crippen LogP contribution in [0.3, 0.4) is 0 Å². The fraction of sp³-hybridized carbons (Fsp3) is 0.458. The van der Waals surface area contributed by atoms with Crippen molar-refractivity contribution in [1.82, 2.24) is 4.98 Å². The van der Waals surface area contributed by atoms with Crippen LogP contribution in [-0.4, -0.2) is 30.1 Å². The van der Waals surface area contributed by atoms with E-state index in [-0.39, 0.29) is 43.8 Å². The van der Waals surface area contributed by atoms with Gasteiger partial charge in [-0.1, -0.05) is 43.7 Å². The second kappa shape index (κ2) is 14.0. The van der Waals surface area contributed by atoms with Gasteiger partial charge in [-0.2, -0.15) is 0 Å². The van der Waals surface area contributed by atoms with Crippen molar-refractivity contribution in [2.24, 2.45) is 5.92 Å². The number of aryl methyl sites for hydroxylation is 2. The van der Waals surface area contributed by atoms with Crippen molar-refractivity contribution in [3.63, 3.8) is 0 Å². The molecule has 0 spiro atoms. The van der Waals surface area contributed by atoms with Crippen LogP contribution in [0.5, 0.6) is 0 Å². The van der Waals surface area contributed by atoms with Crippen LogP contribution < -0.4 is 0 Å². The number of benzene rings is 1. The second-order valence-electron chi connectivity index (χ2n) is 7.63. The van der Waals surface area contributed by atoms with Crippen LogP contribution >= 0.6 is 24.8 Å². The van der Waals surface area contributed by atoms with Crippen LogP contribution in [0.1, 0.15) is 60.9 Å². The topological polar surface area (TPSA) is 65.5 Å². The highest BCUT2D eigenvalue weighted by Crippen LogP contribution is 2.28. The molecule has 0 aliphatic heterocycles. The molecule has 0 radical (unpaired) electrons. The fourth-order valence-corrected chi connectivity index (χ4v) is 3.17. The van der Waals surface area contributed by atoms with Crippen molar-refractivity contribution in [3.8, 4) is 11.1 Å². The molecule has 0 amide bonds. The van der Waals surface area contributed by atoms with E-state index in [1.165, 1.54) is 0 Å². The minimum atomic E-state index is -0.412. The minimum Gasteiger partial charge on any atom is -0.466 e. The van der Waals surface area contributed by atoms with E-state index in [2.05, 4.69) is 18.8 Å². The Bertz CT molecular complexity index is 851. The first-order valence-electron chi connectivity index (χ1n) is 10.2. The molecule has 0 aliphatic carbocycles. The number of carbonyl (C=O) groups is 2. The highest BCUT2D eigenvalue weighted by Gasteiger charge is 2.20. The van der Waals surface area contributed by atoms with E-state index in [1.807, 2.05) is 44.2 Å². The molecule has 172 valence electrons. The fourth-order valence-electron chi connectivity index (χ4n) is 3.17. The van der Waals surface area contributed by atoms with Crippen LogP contribution in [0.25, 0.3) is 11.1 Å². The predicted octanol–water partition coefficient (Wildman–Crippen LogP) is 5.91. The van der Waals surface area contributed by atoms with E-state index < -0.39 is 5.97 Å². The molecule has 0 atom stereocenters. The summed E-state index contributed by atoms with van der Waals surface area (Å²) < 4.78 is 10.4. The molecule has 1 aromatic carbocycles. The van der Waals surface area contributed by atoms with E-state index in [0.717, 1.165) is 28.8 Å². The number of carbonyl (C=O) groups excluding carboxylic acids is 2. The SMILES string of the molecule is CCOC(=O)CCCOC(=O)c1c(-c2ccc(C)cc2)cc(CC(C)C)nc1C.Cl.Cl. The van der Waals surface area contributed by atoms with Gasteiger partial charge in [-0.05, 0) is 56.7 Å². The molecule has 0 unspecified atom stereocenters. The summed E-state index contributed by atoms with van der Waals surface area (Å²) in [5.41, 5.74) is 5.07. The van der Waals surface area contributed by atoms with Crippen LogP contribution in [0.4, 0.5) is 0 Å². The molecule has 0 fully saturated rings. The smallest absolute Gasteiger partial charge is 0.340 e. The van der Waals surface area contributed by atoms with Crippen molar-refractivity contribution in [3.05, 3.63) is 52.8 Å². The maximum absolute atomic E-state index is 12.9. The van der Waals surface area contributed by atoms with Crippen molar-refractivity contribution >= 4 is 36.8 Å². The number of hydrogen-bond acceptors (Lipinski definition) is 5. The van der Waals surface area contributed by atoms with Gasteiger partial charge in [-0.15, -0.1) is 24.8 Å². The Morgan fingerprint density at radius 2 is 1.68 bits per heavy atom. The molecule has 0 N–H and O–H groups in total. The van der Waals surface area contributed by atoms with Crippen LogP contribution in [0.15, 0.2) is 30.3 Å². The third-order valence-corrected chi connectivity index (χ3v) is 4.50. The Hall–Kier alpha value is -2.11. The van der Waals surface area contributed by atoms with Crippen molar-refractivity contribution in [2.75, 3.05) is 13.2 Å². The van der Waals surface area contributed by atoms with Gasteiger partial charge < -0.3 is 9.47 Å². The summed E-state index contributed by atoms with van der Waals surface area (Å²) in [4.78, 5) is 28.9. The van der Waals surface area contributed by atoms with Crippen molar-refractivity contribution < 1.29 is 19.1 Å². The average molecular weight is 470 g/mol. The van der Waals surface area contributed by atoms with E-state index in [0.29, 0.717) is 30.2 Å². The molecule has 0 saturated heterocycles. The monoisotopic (exact) mass is 469 g/mol. The Kier molecular flexibility index (Phi) is 13.1. The summed E-state index contributed by atoms with van der Waals surface area (Å²) in [5.74, 6) is -0.223. The first kappa shape index (κ1) is 28.9. The largest absolute Gasteiger partial charge is 0.466 e. The normalized spacial score (nSPS) is 10.1. The van der Waals surface area contributed by atoms with E-state index in [4.69, 9.17) is 9.47 Å². The van der Waals surface area contributed by atoms with Crippen LogP contribution in [0, 0.1) is 19.8 Å². The molecule has 1 heterocycles. The van der Waals surface area contributed by atoms with E-state index in [1.54, 1.807) is 6.92 Å². The Morgan fingerprint density at radius 1 is 1.03 bits per heavy atom. The van der Waals surface area contributed by atoms with E-state index >= 15 is 0 Å². The number of ether oxygens (including phenoxy) is 2. The molecule has 2 rings (SSSR count). The van der Waals surface area contributed by atoms with Crippen molar-refractivity contribution in [1.29, 1.82) is 0 Å². The predicted molar refractivity (Wildman–Crippen MR) is 128 cm³/mol. The number of hydrogen-bond donors (Lipinski definition) is 0. The quantitative estimate of drug-likeness (QED) is 0.337. The van der Waals surface area contributed by atoms with Gasteiger partial charge in [0.25, 0.3) is 0 Å². The highest BCUT2D eigenvalue weighted by molar-refractivity contribution is 5.98. The summed E-state index contributed by atoms with van der Waals surface area (Å²) in [6.07, 6.45) is 1.51. The summed E-state index contributed by atoms with van der Waals surface area (Å²) in [6, 6.07) is 10.1. The number of rotatable bonds is 9. The molecule has 0 bridgehead atoms. The number of halogens is 2. The third-order valence-electron chi connectivity index (χ3n) is 4.50. The van der Waals surface area contributed by atoms with Gasteiger partial charge >= 0.3 is 11.9 Å². The first-order chi connectivity index (χ1) is 13.8. The van der Waals surface area contributed by atoms with Gasteiger partial charge in [0.05, 0.1) is 24.5 Å². The van der Waals surface area contributed by atoms with Crippen molar-refractivity contribution in [2.45, 2.75) is 53.9 Å². The molecular weight excluding hydrogens is 437 g/mol. The number of nitrogens with zero attached hydrogens (tertiary/aromatic N) is 1. The van der Waals surface area contributed by atoms with E-state index in [9.17, 15) is 9.59 Å². The lowest BCUT2D eigenvalue weighted by atomic mass is 9.95. The van der Waals surface area contributed by atoms with Gasteiger partial charge in [0.15, 0.2) is 0 Å². The number of pyridine rings is 1. The number of esters is 2. The van der Waals surface area contributed by atoms with Gasteiger partial charge in [-0.25, -0.2) is 4.79 Å². The zero-order valence-electron chi connectivity index (χ0n) is 18.9. The van der Waals surface area contributed by atoms with Gasteiger partial charge in [0.2, 0.25) is 0 Å². The molecule has 31 heavy (non-hydrogen) atoms. The molecule has 1 aromatic heterocycles. The van der Waals surface area contributed by atoms with Gasteiger partial charge in [0.1, 0.15) is 0 Å². The number of aromatic nitrogens is 1. The Labute approximate surface area is 197 Å². The zero-order valence-corrected chi connectivity index (χ0v) is 20.5. The molecular formula is C24H33Cl2NO4. The third kappa shape index (κ3) is 8.88. The minimum absolute atomic E-state index is 0. The van der Waals surface area contributed by atoms with Crippen LogP contribution in [0.2, 0.25) is 0 Å². The van der Waals surface area contributed by atoms with Crippen LogP contribution in [-0.2, 0) is 20.7 Å². The summed E-state index contributed by atoms with van der Waals surface area (Å²) in [5, 5.41) is 0. The maximum Gasteiger partial charge on any atom is 0.340 e. The molecule has 0 aliphatic rings. The molecule has 7 heteroatoms. The molecule has 0 saturated carbocycles. The zero-order chi connectivity index (χ0) is 21.4. The summed E-state index contributed by atoms with van der Waals surface area (Å²) in [7, 11) is 0. The molecule has 5 nitrogen and oxygen atoms in total. The maximum atomic E-state index is 12.9. The second-order valence-corrected chi connectivity index (χ2v) is 7.63. The standard InChI is InChI=1S/C24H31NO4.2ClH/c1-6-28-22(26)8-7-13-29-24(27)23-18(5)25-20(14-16(2)3)15-21(23)19-11-9-17(4)10-12-19;;/h9-12,15-16H,6-8,13-14H2,1-5H3;2*1H. The average Bonchev–Trinajstić information content (AvgIpc) is 2.65. The first-order valence-corrected chi connectivity index (χ1v) is 10.2. The Balaban J connectivity index is 0.00000450. The summed E-state index contributed by atoms with van der Waals surface area (Å²) >= 11 is 0. The van der Waals surface area contributed by atoms with Gasteiger partial charge in [-0.3, -0.25) is 9.78 Å². The molecule has 2 aromatic rings. The Morgan fingerprint density at radius 3 is 2.26 bits per heavy atom. The lowest BCUT2D eigenvalue weighted by Crippen LogP contribution is -2.14. The highest BCUT2D eigenvalue weighted by atomic mass is 35.5. The van der Waals surface area contributed by atoms with Gasteiger partial charge in [0, 0.05) is 12.1 Å². The lowest BCUT2D eigenvalue weighted by molar-refractivity contribution is -0.143. The summed E-state index contributed by atoms with van der Waals surface area (Å²) in [6.45, 7) is 10.5.